The summed E-state index contributed by atoms with van der Waals surface area (Å²) in [6.45, 7) is 2.41. The van der Waals surface area contributed by atoms with Crippen LogP contribution in [-0.4, -0.2) is 52.4 Å². The Balaban J connectivity index is 1.43. The molecule has 1 saturated heterocycles. The number of nitrogens with zero attached hydrogens (tertiary/aromatic N) is 4. The van der Waals surface area contributed by atoms with Crippen LogP contribution in [0.15, 0.2) is 41.0 Å². The van der Waals surface area contributed by atoms with E-state index in [-0.39, 0.29) is 11.7 Å². The molecule has 0 unspecified atom stereocenters. The molecule has 0 spiro atoms. The summed E-state index contributed by atoms with van der Waals surface area (Å²) in [4.78, 5) is 20.3. The summed E-state index contributed by atoms with van der Waals surface area (Å²) in [5, 5.41) is 0.553. The second kappa shape index (κ2) is 8.47. The largest absolute Gasteiger partial charge is 0.345 e. The molecule has 5 nitrogen and oxygen atoms in total. The molecule has 7 heteroatoms. The number of hydrogen-bond donors (Lipinski definition) is 0. The molecule has 0 saturated carbocycles. The van der Waals surface area contributed by atoms with E-state index in [4.69, 9.17) is 0 Å². The summed E-state index contributed by atoms with van der Waals surface area (Å²) in [6, 6.07) is 9.76. The van der Waals surface area contributed by atoms with Crippen molar-refractivity contribution in [3.8, 4) is 0 Å². The van der Waals surface area contributed by atoms with Crippen molar-refractivity contribution in [1.29, 1.82) is 0 Å². The third-order valence-corrected chi connectivity index (χ3v) is 6.73. The highest BCUT2D eigenvalue weighted by Gasteiger charge is 2.25. The van der Waals surface area contributed by atoms with Gasteiger partial charge in [-0.15, -0.1) is 0 Å². The van der Waals surface area contributed by atoms with E-state index in [1.54, 1.807) is 31.3 Å². The Morgan fingerprint density at radius 2 is 1.87 bits per heavy atom. The average Bonchev–Trinajstić information content (AvgIpc) is 2.99. The minimum Gasteiger partial charge on any atom is -0.345 e. The normalized spacial score (nSPS) is 15.6. The first-order valence-corrected chi connectivity index (χ1v) is 11.0. The minimum absolute atomic E-state index is 0.0227. The second-order valence-corrected chi connectivity index (χ2v) is 9.04. The number of benzene rings is 1. The molecule has 2 aromatic heterocycles. The number of rotatable bonds is 4. The lowest BCUT2D eigenvalue weighted by atomic mass is 9.89. The van der Waals surface area contributed by atoms with E-state index in [1.807, 2.05) is 23.7 Å². The lowest BCUT2D eigenvalue weighted by Crippen LogP contribution is -2.33. The number of aryl methyl sites for hydroxylation is 1. The molecule has 1 aromatic carbocycles. The van der Waals surface area contributed by atoms with Crippen LogP contribution in [0.3, 0.4) is 0 Å². The van der Waals surface area contributed by atoms with E-state index in [0.717, 1.165) is 30.4 Å². The van der Waals surface area contributed by atoms with Gasteiger partial charge in [-0.25, -0.2) is 9.37 Å². The monoisotopic (exact) mass is 472 g/mol. The third-order valence-electron chi connectivity index (χ3n) is 6.07. The van der Waals surface area contributed by atoms with Crippen LogP contribution in [0.4, 0.5) is 4.39 Å². The van der Waals surface area contributed by atoms with Gasteiger partial charge in [-0.3, -0.25) is 9.69 Å². The summed E-state index contributed by atoms with van der Waals surface area (Å²) in [6.07, 6.45) is 3.74. The van der Waals surface area contributed by atoms with E-state index < -0.39 is 0 Å². The standard InChI is InChI=1S/C23H26BrFN4O/c1-27(2)23(30)17-6-4-15(5-7-17)16-9-12-29(13-10-16)14-19-21(25)20-18(24)8-11-26-22(20)28(19)3/h4-8,11,16H,9-10,12-14H2,1-3H3. The van der Waals surface area contributed by atoms with Gasteiger partial charge in [-0.2, -0.15) is 0 Å². The van der Waals surface area contributed by atoms with Gasteiger partial charge in [0.05, 0.1) is 11.1 Å². The molecule has 1 aliphatic rings. The Morgan fingerprint density at radius 1 is 1.20 bits per heavy atom. The van der Waals surface area contributed by atoms with Gasteiger partial charge in [0.25, 0.3) is 5.91 Å². The van der Waals surface area contributed by atoms with E-state index in [0.29, 0.717) is 34.8 Å². The smallest absolute Gasteiger partial charge is 0.253 e. The van der Waals surface area contributed by atoms with Crippen molar-refractivity contribution in [3.05, 3.63) is 63.6 Å². The quantitative estimate of drug-likeness (QED) is 0.558. The van der Waals surface area contributed by atoms with E-state index >= 15 is 4.39 Å². The predicted molar refractivity (Wildman–Crippen MR) is 120 cm³/mol. The SMILES string of the molecule is CN(C)C(=O)c1ccc(C2CCN(Cc3c(F)c4c(Br)ccnc4n3C)CC2)cc1. The van der Waals surface area contributed by atoms with E-state index in [2.05, 4.69) is 37.9 Å². The zero-order valence-corrected chi connectivity index (χ0v) is 19.1. The highest BCUT2D eigenvalue weighted by atomic mass is 79.9. The first kappa shape index (κ1) is 21.0. The summed E-state index contributed by atoms with van der Waals surface area (Å²) in [5.41, 5.74) is 3.33. The van der Waals surface area contributed by atoms with Gasteiger partial charge in [-0.05, 0) is 71.5 Å². The molecule has 0 aliphatic carbocycles. The topological polar surface area (TPSA) is 41.4 Å². The minimum atomic E-state index is -0.184. The molecule has 158 valence electrons. The van der Waals surface area contributed by atoms with Crippen molar-refractivity contribution in [2.75, 3.05) is 27.2 Å². The molecular formula is C23H26BrFN4O. The zero-order chi connectivity index (χ0) is 21.4. The molecule has 3 heterocycles. The van der Waals surface area contributed by atoms with Crippen molar-refractivity contribution < 1.29 is 9.18 Å². The molecule has 3 aromatic rings. The number of aromatic nitrogens is 2. The van der Waals surface area contributed by atoms with Crippen LogP contribution in [0.25, 0.3) is 11.0 Å². The van der Waals surface area contributed by atoms with Crippen molar-refractivity contribution in [3.63, 3.8) is 0 Å². The van der Waals surface area contributed by atoms with Crippen LogP contribution in [0.2, 0.25) is 0 Å². The van der Waals surface area contributed by atoms with Gasteiger partial charge in [0.15, 0.2) is 5.82 Å². The number of carbonyl (C=O) groups is 1. The molecule has 4 rings (SSSR count). The van der Waals surface area contributed by atoms with Crippen LogP contribution in [-0.2, 0) is 13.6 Å². The Morgan fingerprint density at radius 3 is 2.47 bits per heavy atom. The average molecular weight is 473 g/mol. The highest BCUT2D eigenvalue weighted by Crippen LogP contribution is 2.32. The zero-order valence-electron chi connectivity index (χ0n) is 17.5. The lowest BCUT2D eigenvalue weighted by molar-refractivity contribution is 0.0827. The van der Waals surface area contributed by atoms with Crippen molar-refractivity contribution >= 4 is 32.9 Å². The van der Waals surface area contributed by atoms with E-state index in [9.17, 15) is 4.79 Å². The maximum atomic E-state index is 15.1. The van der Waals surface area contributed by atoms with Gasteiger partial charge >= 0.3 is 0 Å². The molecule has 30 heavy (non-hydrogen) atoms. The van der Waals surface area contributed by atoms with Gasteiger partial charge in [-0.1, -0.05) is 12.1 Å². The molecule has 1 fully saturated rings. The summed E-state index contributed by atoms with van der Waals surface area (Å²) in [5.74, 6) is 0.308. The van der Waals surface area contributed by atoms with Crippen LogP contribution < -0.4 is 0 Å². The van der Waals surface area contributed by atoms with Crippen LogP contribution >= 0.6 is 15.9 Å². The molecule has 1 amide bonds. The van der Waals surface area contributed by atoms with Crippen molar-refractivity contribution in [2.45, 2.75) is 25.3 Å². The Bertz CT molecular complexity index is 1070. The lowest BCUT2D eigenvalue weighted by Gasteiger charge is -2.32. The Kier molecular flexibility index (Phi) is 5.93. The summed E-state index contributed by atoms with van der Waals surface area (Å²) < 4.78 is 17.7. The van der Waals surface area contributed by atoms with Crippen LogP contribution in [0.1, 0.15) is 40.4 Å². The Labute approximate surface area is 184 Å². The number of hydrogen-bond acceptors (Lipinski definition) is 3. The summed E-state index contributed by atoms with van der Waals surface area (Å²) >= 11 is 3.45. The fraction of sp³-hybridized carbons (Fsp3) is 0.391. The number of amides is 1. The van der Waals surface area contributed by atoms with Crippen LogP contribution in [0.5, 0.6) is 0 Å². The first-order chi connectivity index (χ1) is 14.4. The number of carbonyl (C=O) groups excluding carboxylic acids is 1. The van der Waals surface area contributed by atoms with Gasteiger partial charge in [0, 0.05) is 43.9 Å². The number of piperidine rings is 1. The van der Waals surface area contributed by atoms with Crippen molar-refractivity contribution in [1.82, 2.24) is 19.4 Å². The predicted octanol–water partition coefficient (Wildman–Crippen LogP) is 4.56. The van der Waals surface area contributed by atoms with Crippen molar-refractivity contribution in [2.24, 2.45) is 7.05 Å². The third kappa shape index (κ3) is 3.88. The van der Waals surface area contributed by atoms with Gasteiger partial charge < -0.3 is 9.47 Å². The molecule has 0 N–H and O–H groups in total. The highest BCUT2D eigenvalue weighted by molar-refractivity contribution is 9.10. The fourth-order valence-electron chi connectivity index (χ4n) is 4.27. The fourth-order valence-corrected chi connectivity index (χ4v) is 4.74. The molecule has 0 atom stereocenters. The van der Waals surface area contributed by atoms with Crippen LogP contribution in [0, 0.1) is 5.82 Å². The maximum absolute atomic E-state index is 15.1. The maximum Gasteiger partial charge on any atom is 0.253 e. The molecule has 0 radical (unpaired) electrons. The summed E-state index contributed by atoms with van der Waals surface area (Å²) in [7, 11) is 5.40. The van der Waals surface area contributed by atoms with E-state index in [1.165, 1.54) is 5.56 Å². The number of fused-ring (bicyclic) bond motifs is 1. The van der Waals surface area contributed by atoms with Gasteiger partial charge in [0.2, 0.25) is 0 Å². The number of halogens is 2. The molecule has 1 aliphatic heterocycles. The van der Waals surface area contributed by atoms with Gasteiger partial charge in [0.1, 0.15) is 5.65 Å². The molecule has 0 bridgehead atoms. The first-order valence-electron chi connectivity index (χ1n) is 10.2. The Hall–Kier alpha value is -2.25. The number of pyridine rings is 1. The number of likely N-dealkylation sites (tertiary alicyclic amines) is 1. The second-order valence-electron chi connectivity index (χ2n) is 8.18. The molecular weight excluding hydrogens is 447 g/mol.